The molecule has 2 aromatic carbocycles. The minimum Gasteiger partial charge on any atom is -0.508 e. The Labute approximate surface area is 244 Å². The third kappa shape index (κ3) is 11.7. The van der Waals surface area contributed by atoms with Crippen molar-refractivity contribution >= 4 is 17.9 Å². The Kier molecular flexibility index (Phi) is 13.5. The maximum Gasteiger partial charge on any atom is 0.408 e. The average Bonchev–Trinajstić information content (AvgIpc) is 2.90. The second kappa shape index (κ2) is 16.5. The van der Waals surface area contributed by atoms with E-state index in [4.69, 9.17) is 4.74 Å². The summed E-state index contributed by atoms with van der Waals surface area (Å²) >= 11 is 0. The molecule has 0 fully saturated rings. The summed E-state index contributed by atoms with van der Waals surface area (Å²) in [6.07, 6.45) is 4.63. The first-order valence-corrected chi connectivity index (χ1v) is 14.6. The number of amides is 3. The van der Waals surface area contributed by atoms with E-state index in [0.29, 0.717) is 25.1 Å². The van der Waals surface area contributed by atoms with E-state index in [1.54, 1.807) is 45.0 Å². The van der Waals surface area contributed by atoms with Gasteiger partial charge < -0.3 is 30.5 Å². The average molecular weight is 570 g/mol. The van der Waals surface area contributed by atoms with Gasteiger partial charge in [0, 0.05) is 19.5 Å². The zero-order valence-corrected chi connectivity index (χ0v) is 25.1. The van der Waals surface area contributed by atoms with Crippen molar-refractivity contribution in [2.45, 2.75) is 97.2 Å². The van der Waals surface area contributed by atoms with Crippen molar-refractivity contribution in [1.29, 1.82) is 0 Å². The van der Waals surface area contributed by atoms with E-state index in [2.05, 4.69) is 17.6 Å². The summed E-state index contributed by atoms with van der Waals surface area (Å²) in [5.41, 5.74) is 0.502. The van der Waals surface area contributed by atoms with Crippen LogP contribution in [0.15, 0.2) is 48.5 Å². The van der Waals surface area contributed by atoms with Crippen molar-refractivity contribution in [3.63, 3.8) is 0 Å². The van der Waals surface area contributed by atoms with Gasteiger partial charge in [-0.2, -0.15) is 0 Å². The molecule has 9 nitrogen and oxygen atoms in total. The van der Waals surface area contributed by atoms with Gasteiger partial charge in [-0.3, -0.25) is 9.59 Å². The van der Waals surface area contributed by atoms with Crippen LogP contribution in [0.2, 0.25) is 0 Å². The third-order valence-electron chi connectivity index (χ3n) is 6.50. The predicted octanol–water partition coefficient (Wildman–Crippen LogP) is 5.60. The molecule has 0 saturated heterocycles. The fraction of sp³-hybridized carbons (Fsp3) is 0.531. The van der Waals surface area contributed by atoms with Gasteiger partial charge in [0.25, 0.3) is 0 Å². The second-order valence-electron chi connectivity index (χ2n) is 11.3. The Morgan fingerprint density at radius 2 is 1.44 bits per heavy atom. The van der Waals surface area contributed by atoms with Gasteiger partial charge in [0.2, 0.25) is 11.8 Å². The van der Waals surface area contributed by atoms with Crippen molar-refractivity contribution in [2.75, 3.05) is 13.1 Å². The number of unbranched alkanes of at least 4 members (excludes halogenated alkanes) is 4. The van der Waals surface area contributed by atoms with E-state index in [-0.39, 0.29) is 23.8 Å². The van der Waals surface area contributed by atoms with E-state index in [9.17, 15) is 24.6 Å². The Bertz CT molecular complexity index is 1100. The smallest absolute Gasteiger partial charge is 0.408 e. The molecule has 0 radical (unpaired) electrons. The van der Waals surface area contributed by atoms with Crippen molar-refractivity contribution in [3.05, 3.63) is 59.7 Å². The van der Waals surface area contributed by atoms with Gasteiger partial charge in [0.1, 0.15) is 29.2 Å². The van der Waals surface area contributed by atoms with Crippen LogP contribution >= 0.6 is 0 Å². The fourth-order valence-corrected chi connectivity index (χ4v) is 4.41. The van der Waals surface area contributed by atoms with Gasteiger partial charge in [-0.05, 0) is 69.0 Å². The number of hydrogen-bond acceptors (Lipinski definition) is 6. The van der Waals surface area contributed by atoms with Crippen LogP contribution in [-0.2, 0) is 20.7 Å². The quantitative estimate of drug-likeness (QED) is 0.207. The van der Waals surface area contributed by atoms with Crippen LogP contribution < -0.4 is 10.6 Å². The number of carbonyl (C=O) groups is 3. The molecule has 2 atom stereocenters. The first-order chi connectivity index (χ1) is 19.4. The molecule has 3 amide bonds. The van der Waals surface area contributed by atoms with Gasteiger partial charge in [-0.1, -0.05) is 63.8 Å². The van der Waals surface area contributed by atoms with Crippen LogP contribution in [0.4, 0.5) is 4.79 Å². The normalized spacial score (nSPS) is 12.7. The highest BCUT2D eigenvalue weighted by Crippen LogP contribution is 2.26. The molecule has 41 heavy (non-hydrogen) atoms. The van der Waals surface area contributed by atoms with Gasteiger partial charge in [0.05, 0.1) is 0 Å². The number of rotatable bonds is 15. The standard InChI is InChI=1S/C32H47N3O6/c1-6-8-10-11-21-35(28(29(38)33-20-9-7-2)24-14-18-26(37)19-15-24)30(39)27(34-31(40)41-32(3,4)5)22-23-12-16-25(36)17-13-23/h12-19,27-28,36-37H,6-11,20-22H2,1-5H3,(H,33,38)(H,34,40). The zero-order chi connectivity index (χ0) is 30.4. The SMILES string of the molecule is CCCCCCN(C(=O)C(Cc1ccc(O)cc1)NC(=O)OC(C)(C)C)C(C(=O)NCCCC)c1ccc(O)cc1. The third-order valence-corrected chi connectivity index (χ3v) is 6.50. The number of carbonyl (C=O) groups excluding carboxylic acids is 3. The molecule has 0 aromatic heterocycles. The highest BCUT2D eigenvalue weighted by Gasteiger charge is 2.36. The number of phenols is 2. The number of phenolic OH excluding ortho intramolecular Hbond substituents is 2. The van der Waals surface area contributed by atoms with Crippen molar-refractivity contribution in [3.8, 4) is 11.5 Å². The van der Waals surface area contributed by atoms with E-state index in [1.807, 2.05) is 6.92 Å². The molecule has 226 valence electrons. The van der Waals surface area contributed by atoms with Crippen molar-refractivity contribution < 1.29 is 29.3 Å². The number of ether oxygens (including phenoxy) is 1. The van der Waals surface area contributed by atoms with Crippen LogP contribution in [0.5, 0.6) is 11.5 Å². The Balaban J connectivity index is 2.52. The van der Waals surface area contributed by atoms with Crippen molar-refractivity contribution in [1.82, 2.24) is 15.5 Å². The molecule has 0 saturated carbocycles. The molecule has 2 unspecified atom stereocenters. The zero-order valence-electron chi connectivity index (χ0n) is 25.1. The lowest BCUT2D eigenvalue weighted by Crippen LogP contribution is -2.54. The lowest BCUT2D eigenvalue weighted by molar-refractivity contribution is -0.142. The first kappa shape index (κ1) is 33.5. The fourth-order valence-electron chi connectivity index (χ4n) is 4.41. The molecular weight excluding hydrogens is 522 g/mol. The molecule has 0 aliphatic carbocycles. The number of hydrogen-bond donors (Lipinski definition) is 4. The summed E-state index contributed by atoms with van der Waals surface area (Å²) in [6.45, 7) is 10.1. The summed E-state index contributed by atoms with van der Waals surface area (Å²) in [7, 11) is 0. The summed E-state index contributed by atoms with van der Waals surface area (Å²) in [5, 5.41) is 25.3. The predicted molar refractivity (Wildman–Crippen MR) is 160 cm³/mol. The number of nitrogens with one attached hydrogen (secondary N) is 2. The van der Waals surface area contributed by atoms with E-state index < -0.39 is 29.7 Å². The summed E-state index contributed by atoms with van der Waals surface area (Å²) in [4.78, 5) is 42.4. The molecule has 0 spiro atoms. The van der Waals surface area contributed by atoms with Crippen LogP contribution in [-0.4, -0.2) is 57.8 Å². The van der Waals surface area contributed by atoms with Gasteiger partial charge in [-0.25, -0.2) is 4.79 Å². The summed E-state index contributed by atoms with van der Waals surface area (Å²) in [6, 6.07) is 10.7. The van der Waals surface area contributed by atoms with Crippen molar-refractivity contribution in [2.24, 2.45) is 0 Å². The molecular formula is C32H47N3O6. The Morgan fingerprint density at radius 3 is 2.00 bits per heavy atom. The second-order valence-corrected chi connectivity index (χ2v) is 11.3. The van der Waals surface area contributed by atoms with Gasteiger partial charge in [0.15, 0.2) is 0 Å². The van der Waals surface area contributed by atoms with Crippen LogP contribution in [0.25, 0.3) is 0 Å². The lowest BCUT2D eigenvalue weighted by atomic mass is 9.99. The highest BCUT2D eigenvalue weighted by molar-refractivity contribution is 5.92. The number of nitrogens with zero attached hydrogens (tertiary/aromatic N) is 1. The van der Waals surface area contributed by atoms with Crippen LogP contribution in [0.3, 0.4) is 0 Å². The number of alkyl carbamates (subject to hydrolysis) is 1. The molecule has 2 aromatic rings. The number of aromatic hydroxyl groups is 2. The largest absolute Gasteiger partial charge is 0.508 e. The van der Waals surface area contributed by atoms with Gasteiger partial charge >= 0.3 is 6.09 Å². The molecule has 0 heterocycles. The molecule has 0 aliphatic heterocycles. The first-order valence-electron chi connectivity index (χ1n) is 14.6. The lowest BCUT2D eigenvalue weighted by Gasteiger charge is -2.34. The summed E-state index contributed by atoms with van der Waals surface area (Å²) < 4.78 is 5.47. The molecule has 2 rings (SSSR count). The van der Waals surface area contributed by atoms with Gasteiger partial charge in [-0.15, -0.1) is 0 Å². The minimum atomic E-state index is -1.04. The van der Waals surface area contributed by atoms with Crippen LogP contribution in [0, 0.1) is 0 Å². The highest BCUT2D eigenvalue weighted by atomic mass is 16.6. The molecule has 0 bridgehead atoms. The van der Waals surface area contributed by atoms with E-state index in [1.165, 1.54) is 29.2 Å². The minimum absolute atomic E-state index is 0.0523. The van der Waals surface area contributed by atoms with Crippen LogP contribution in [0.1, 0.15) is 90.3 Å². The maximum absolute atomic E-state index is 14.4. The van der Waals surface area contributed by atoms with E-state index in [0.717, 1.165) is 37.7 Å². The molecule has 9 heteroatoms. The Morgan fingerprint density at radius 1 is 0.854 bits per heavy atom. The van der Waals surface area contributed by atoms with E-state index >= 15 is 0 Å². The number of benzene rings is 2. The molecule has 4 N–H and O–H groups in total. The Hall–Kier alpha value is -3.75. The topological polar surface area (TPSA) is 128 Å². The maximum atomic E-state index is 14.4. The molecule has 0 aliphatic rings. The monoisotopic (exact) mass is 569 g/mol. The summed E-state index contributed by atoms with van der Waals surface area (Å²) in [5.74, 6) is -0.611.